The Hall–Kier alpha value is -2.22. The minimum atomic E-state index is -0.364. The zero-order valence-corrected chi connectivity index (χ0v) is 14.9. The SMILES string of the molecule is COCC(=O)N1CCC(c2nc(C)cc(N3C[C@@H](C)OC3=O)n2)CC1. The monoisotopic (exact) mass is 348 g/mol. The molecule has 0 aliphatic carbocycles. The van der Waals surface area contributed by atoms with Gasteiger partial charge in [0.05, 0.1) is 6.54 Å². The molecule has 1 atom stereocenters. The van der Waals surface area contributed by atoms with E-state index in [1.807, 2.05) is 18.7 Å². The zero-order chi connectivity index (χ0) is 18.0. The van der Waals surface area contributed by atoms with Crippen LogP contribution in [-0.2, 0) is 14.3 Å². The lowest BCUT2D eigenvalue weighted by molar-refractivity contribution is -0.136. The summed E-state index contributed by atoms with van der Waals surface area (Å²) < 4.78 is 10.1. The third-order valence-corrected chi connectivity index (χ3v) is 4.58. The molecule has 2 fully saturated rings. The van der Waals surface area contributed by atoms with Gasteiger partial charge in [0.25, 0.3) is 0 Å². The van der Waals surface area contributed by atoms with E-state index in [1.54, 1.807) is 11.0 Å². The van der Waals surface area contributed by atoms with Gasteiger partial charge in [0.2, 0.25) is 5.91 Å². The number of amides is 2. The highest BCUT2D eigenvalue weighted by Gasteiger charge is 2.32. The molecule has 2 amide bonds. The summed E-state index contributed by atoms with van der Waals surface area (Å²) in [6.45, 7) is 5.71. The number of ether oxygens (including phenoxy) is 2. The lowest BCUT2D eigenvalue weighted by atomic mass is 9.95. The quantitative estimate of drug-likeness (QED) is 0.819. The Morgan fingerprint density at radius 1 is 1.36 bits per heavy atom. The number of piperidine rings is 1. The second kappa shape index (κ2) is 7.35. The zero-order valence-electron chi connectivity index (χ0n) is 14.9. The van der Waals surface area contributed by atoms with Gasteiger partial charge in [-0.05, 0) is 26.7 Å². The summed E-state index contributed by atoms with van der Waals surface area (Å²) in [5, 5.41) is 0. The number of aromatic nitrogens is 2. The number of aryl methyl sites for hydroxylation is 1. The fourth-order valence-electron chi connectivity index (χ4n) is 3.29. The van der Waals surface area contributed by atoms with E-state index in [0.29, 0.717) is 25.5 Å². The molecule has 3 heterocycles. The number of hydrogen-bond acceptors (Lipinski definition) is 6. The van der Waals surface area contributed by atoms with E-state index in [-0.39, 0.29) is 30.6 Å². The first-order valence-electron chi connectivity index (χ1n) is 8.58. The van der Waals surface area contributed by atoms with Crippen molar-refractivity contribution in [3.63, 3.8) is 0 Å². The fourth-order valence-corrected chi connectivity index (χ4v) is 3.29. The van der Waals surface area contributed by atoms with Crippen LogP contribution in [0.3, 0.4) is 0 Å². The maximum absolute atomic E-state index is 12.0. The van der Waals surface area contributed by atoms with Crippen molar-refractivity contribution in [3.05, 3.63) is 17.6 Å². The molecule has 2 aliphatic rings. The summed E-state index contributed by atoms with van der Waals surface area (Å²) in [5.41, 5.74) is 0.824. The first kappa shape index (κ1) is 17.6. The Balaban J connectivity index is 1.71. The molecule has 1 aromatic heterocycles. The third kappa shape index (κ3) is 3.89. The van der Waals surface area contributed by atoms with Crippen molar-refractivity contribution in [3.8, 4) is 0 Å². The van der Waals surface area contributed by atoms with Crippen molar-refractivity contribution in [1.29, 1.82) is 0 Å². The first-order chi connectivity index (χ1) is 12.0. The average Bonchev–Trinajstić information content (AvgIpc) is 2.93. The molecule has 0 saturated carbocycles. The van der Waals surface area contributed by atoms with Crippen LogP contribution >= 0.6 is 0 Å². The Morgan fingerprint density at radius 3 is 2.68 bits per heavy atom. The number of rotatable bonds is 4. The lowest BCUT2D eigenvalue weighted by Gasteiger charge is -2.31. The molecule has 136 valence electrons. The van der Waals surface area contributed by atoms with Gasteiger partial charge < -0.3 is 14.4 Å². The summed E-state index contributed by atoms with van der Waals surface area (Å²) in [6.07, 6.45) is 1.11. The predicted molar refractivity (Wildman–Crippen MR) is 90.5 cm³/mol. The van der Waals surface area contributed by atoms with Crippen molar-refractivity contribution < 1.29 is 19.1 Å². The van der Waals surface area contributed by atoms with E-state index < -0.39 is 0 Å². The van der Waals surface area contributed by atoms with Crippen molar-refractivity contribution in [2.45, 2.75) is 38.7 Å². The van der Waals surface area contributed by atoms with Gasteiger partial charge in [-0.2, -0.15) is 0 Å². The summed E-state index contributed by atoms with van der Waals surface area (Å²) in [6, 6.07) is 1.81. The number of methoxy groups -OCH3 is 1. The third-order valence-electron chi connectivity index (χ3n) is 4.58. The Kier molecular flexibility index (Phi) is 5.17. The van der Waals surface area contributed by atoms with Crippen molar-refractivity contribution in [2.75, 3.05) is 38.3 Å². The van der Waals surface area contributed by atoms with E-state index in [9.17, 15) is 9.59 Å². The highest BCUT2D eigenvalue weighted by atomic mass is 16.6. The topological polar surface area (TPSA) is 84.9 Å². The van der Waals surface area contributed by atoms with Crippen LogP contribution in [0, 0.1) is 6.92 Å². The number of cyclic esters (lactones) is 1. The number of carbonyl (C=O) groups excluding carboxylic acids is 2. The molecule has 8 nitrogen and oxygen atoms in total. The Morgan fingerprint density at radius 2 is 2.08 bits per heavy atom. The molecule has 8 heteroatoms. The molecule has 0 N–H and O–H groups in total. The Labute approximate surface area is 147 Å². The molecular weight excluding hydrogens is 324 g/mol. The van der Waals surface area contributed by atoms with Crippen LogP contribution in [0.4, 0.5) is 10.6 Å². The minimum Gasteiger partial charge on any atom is -0.444 e. The van der Waals surface area contributed by atoms with Gasteiger partial charge in [0, 0.05) is 37.9 Å². The summed E-state index contributed by atoms with van der Waals surface area (Å²) >= 11 is 0. The van der Waals surface area contributed by atoms with Gasteiger partial charge in [-0.25, -0.2) is 14.8 Å². The molecule has 2 aliphatic heterocycles. The number of anilines is 1. The van der Waals surface area contributed by atoms with Crippen LogP contribution in [0.5, 0.6) is 0 Å². The van der Waals surface area contributed by atoms with Crippen LogP contribution in [0.1, 0.15) is 37.2 Å². The molecule has 0 radical (unpaired) electrons. The maximum atomic E-state index is 12.0. The van der Waals surface area contributed by atoms with Gasteiger partial charge >= 0.3 is 6.09 Å². The van der Waals surface area contributed by atoms with Crippen LogP contribution in [-0.4, -0.2) is 66.3 Å². The van der Waals surface area contributed by atoms with Crippen molar-refractivity contribution in [1.82, 2.24) is 14.9 Å². The van der Waals surface area contributed by atoms with Gasteiger partial charge in [-0.1, -0.05) is 0 Å². The number of likely N-dealkylation sites (tertiary alicyclic amines) is 1. The van der Waals surface area contributed by atoms with E-state index in [1.165, 1.54) is 7.11 Å². The lowest BCUT2D eigenvalue weighted by Crippen LogP contribution is -2.40. The molecule has 0 spiro atoms. The van der Waals surface area contributed by atoms with Crippen molar-refractivity contribution >= 4 is 17.8 Å². The first-order valence-corrected chi connectivity index (χ1v) is 8.58. The summed E-state index contributed by atoms with van der Waals surface area (Å²) in [7, 11) is 1.52. The minimum absolute atomic E-state index is 0.0144. The number of hydrogen-bond donors (Lipinski definition) is 0. The van der Waals surface area contributed by atoms with E-state index >= 15 is 0 Å². The second-order valence-electron chi connectivity index (χ2n) is 6.62. The molecule has 0 unspecified atom stereocenters. The van der Waals surface area contributed by atoms with Gasteiger partial charge in [-0.3, -0.25) is 9.69 Å². The highest BCUT2D eigenvalue weighted by molar-refractivity contribution is 5.88. The molecule has 0 bridgehead atoms. The van der Waals surface area contributed by atoms with E-state index in [4.69, 9.17) is 9.47 Å². The molecule has 1 aromatic rings. The van der Waals surface area contributed by atoms with Crippen LogP contribution in [0.25, 0.3) is 0 Å². The summed E-state index contributed by atoms with van der Waals surface area (Å²) in [4.78, 5) is 36.4. The summed E-state index contributed by atoms with van der Waals surface area (Å²) in [5.74, 6) is 1.53. The van der Waals surface area contributed by atoms with Crippen molar-refractivity contribution in [2.24, 2.45) is 0 Å². The molecule has 0 aromatic carbocycles. The standard InChI is InChI=1S/C17H24N4O4/c1-11-8-14(21-9-12(2)25-17(21)23)19-16(18-11)13-4-6-20(7-5-13)15(22)10-24-3/h8,12-13H,4-7,9-10H2,1-3H3/t12-/m1/s1. The van der Waals surface area contributed by atoms with Crippen LogP contribution in [0.2, 0.25) is 0 Å². The molecule has 3 rings (SSSR count). The molecule has 2 saturated heterocycles. The molecule has 25 heavy (non-hydrogen) atoms. The van der Waals surface area contributed by atoms with E-state index in [0.717, 1.165) is 24.4 Å². The maximum Gasteiger partial charge on any atom is 0.415 e. The van der Waals surface area contributed by atoms with Crippen LogP contribution in [0.15, 0.2) is 6.07 Å². The largest absolute Gasteiger partial charge is 0.444 e. The Bertz CT molecular complexity index is 658. The van der Waals surface area contributed by atoms with E-state index in [2.05, 4.69) is 9.97 Å². The van der Waals surface area contributed by atoms with Gasteiger partial charge in [0.15, 0.2) is 0 Å². The predicted octanol–water partition coefficient (Wildman–Crippen LogP) is 1.48. The van der Waals surface area contributed by atoms with Gasteiger partial charge in [0.1, 0.15) is 24.4 Å². The van der Waals surface area contributed by atoms with Gasteiger partial charge in [-0.15, -0.1) is 0 Å². The smallest absolute Gasteiger partial charge is 0.415 e. The van der Waals surface area contributed by atoms with Crippen LogP contribution < -0.4 is 4.90 Å². The average molecular weight is 348 g/mol. The second-order valence-corrected chi connectivity index (χ2v) is 6.62. The highest BCUT2D eigenvalue weighted by Crippen LogP contribution is 2.28. The number of carbonyl (C=O) groups is 2. The number of nitrogens with zero attached hydrogens (tertiary/aromatic N) is 4. The molecular formula is C17H24N4O4. The normalized spacial score (nSPS) is 21.6. The fraction of sp³-hybridized carbons (Fsp3) is 0.647.